The zero-order valence-corrected chi connectivity index (χ0v) is 35.3. The first-order valence-corrected chi connectivity index (χ1v) is 19.8. The maximum absolute atomic E-state index is 14.4. The zero-order chi connectivity index (χ0) is 43.7. The maximum atomic E-state index is 14.4. The molecule has 16 nitrogen and oxygen atoms in total. The molecule has 5 bridgehead atoms. The monoisotopic (exact) mass is 822 g/mol. The Morgan fingerprint density at radius 1 is 0.949 bits per heavy atom. The lowest BCUT2D eigenvalue weighted by atomic mass is 9.78. The Balaban J connectivity index is 1.70. The van der Waals surface area contributed by atoms with Crippen molar-refractivity contribution in [2.24, 2.45) is 28.8 Å². The summed E-state index contributed by atoms with van der Waals surface area (Å²) in [6.45, 7) is 15.1. The van der Waals surface area contributed by atoms with Crippen LogP contribution in [0.4, 0.5) is 5.69 Å². The highest BCUT2D eigenvalue weighted by molar-refractivity contribution is 6.23. The van der Waals surface area contributed by atoms with Crippen molar-refractivity contribution in [2.45, 2.75) is 85.6 Å². The average Bonchev–Trinajstić information content (AvgIpc) is 3.46. The number of carbonyl (C=O) groups excluding carboxylic acids is 3. The number of phenolic OH excluding ortho intramolecular Hbond substituents is 3. The molecule has 322 valence electrons. The van der Waals surface area contributed by atoms with Gasteiger partial charge in [-0.1, -0.05) is 45.9 Å². The van der Waals surface area contributed by atoms with E-state index in [0.29, 0.717) is 13.1 Å². The number of methoxy groups -OCH3 is 1. The van der Waals surface area contributed by atoms with Gasteiger partial charge in [0, 0.05) is 87.3 Å². The molecule has 0 aromatic heterocycles. The number of ether oxygens (including phenoxy) is 4. The SMILES string of the molecule is CO[C@H]1/C=C\O[C@@]2(C)Oc3c(C)c(O)c4c(O)c(c(C=NN5CCN(C)CC5)c(O)c4c3C2=O)NC(=O)/C(C)=C\C=C\[C@H](C)[C@H](O)[C@@H](C)[C@@H](O)[C@H](C)[C@H](OC(C)=O)[C@@H]1C. The highest BCUT2D eigenvalue weighted by atomic mass is 16.7. The third-order valence-corrected chi connectivity index (χ3v) is 11.9. The Morgan fingerprint density at radius 3 is 2.24 bits per heavy atom. The number of aromatic hydroxyl groups is 3. The number of nitrogens with zero attached hydrogens (tertiary/aromatic N) is 3. The molecule has 2 aromatic rings. The van der Waals surface area contributed by atoms with E-state index < -0.39 is 88.8 Å². The van der Waals surface area contributed by atoms with Gasteiger partial charge < -0.3 is 54.7 Å². The molecule has 0 radical (unpaired) electrons. The molecule has 6 rings (SSSR count). The molecule has 4 aliphatic heterocycles. The number of hydrazone groups is 1. The number of likely N-dealkylation sites (N-methyl/N-ethyl adjacent to an activating group) is 1. The van der Waals surface area contributed by atoms with Crippen molar-refractivity contribution in [1.29, 1.82) is 0 Å². The van der Waals surface area contributed by atoms with Crippen LogP contribution in [-0.4, -0.2) is 130 Å². The molecular formula is C43H58N4O12. The Labute approximate surface area is 344 Å². The smallest absolute Gasteiger partial charge is 0.312 e. The first-order valence-electron chi connectivity index (χ1n) is 19.8. The number of phenols is 3. The van der Waals surface area contributed by atoms with Crippen molar-refractivity contribution in [3.8, 4) is 23.0 Å². The van der Waals surface area contributed by atoms with Gasteiger partial charge in [0.2, 0.25) is 0 Å². The highest BCUT2D eigenvalue weighted by Gasteiger charge is 2.50. The highest BCUT2D eigenvalue weighted by Crippen LogP contribution is 2.55. The molecule has 4 heterocycles. The van der Waals surface area contributed by atoms with Gasteiger partial charge in [0.15, 0.2) is 5.75 Å². The number of fused-ring (bicyclic) bond motifs is 14. The second kappa shape index (κ2) is 18.0. The minimum atomic E-state index is -2.04. The molecular weight excluding hydrogens is 764 g/mol. The van der Waals surface area contributed by atoms with E-state index in [-0.39, 0.29) is 44.5 Å². The van der Waals surface area contributed by atoms with Gasteiger partial charge in [-0.05, 0) is 27.0 Å². The number of carbonyl (C=O) groups is 3. The number of ketones is 1. The quantitative estimate of drug-likeness (QED) is 0.109. The van der Waals surface area contributed by atoms with E-state index in [9.17, 15) is 39.9 Å². The van der Waals surface area contributed by atoms with Gasteiger partial charge in [0.25, 0.3) is 11.7 Å². The zero-order valence-electron chi connectivity index (χ0n) is 35.3. The summed E-state index contributed by atoms with van der Waals surface area (Å²) in [6.07, 6.45) is 4.86. The Kier molecular flexibility index (Phi) is 13.7. The number of anilines is 1. The lowest BCUT2D eigenvalue weighted by molar-refractivity contribution is -0.160. The third kappa shape index (κ3) is 8.91. The molecule has 1 fully saturated rings. The van der Waals surface area contributed by atoms with Crippen molar-refractivity contribution in [3.63, 3.8) is 0 Å². The van der Waals surface area contributed by atoms with Crippen LogP contribution in [0.15, 0.2) is 41.2 Å². The Morgan fingerprint density at radius 2 is 1.61 bits per heavy atom. The van der Waals surface area contributed by atoms with Gasteiger partial charge in [-0.25, -0.2) is 0 Å². The normalized spacial score (nSPS) is 32.1. The fourth-order valence-electron chi connectivity index (χ4n) is 7.92. The van der Waals surface area contributed by atoms with E-state index >= 15 is 0 Å². The number of allylic oxidation sites excluding steroid dienone is 2. The number of hydrogen-bond acceptors (Lipinski definition) is 15. The van der Waals surface area contributed by atoms with Gasteiger partial charge in [-0.3, -0.25) is 19.4 Å². The van der Waals surface area contributed by atoms with Crippen molar-refractivity contribution >= 4 is 40.3 Å². The van der Waals surface area contributed by atoms with Crippen LogP contribution in [0.1, 0.15) is 70.0 Å². The first-order chi connectivity index (χ1) is 27.7. The fourth-order valence-corrected chi connectivity index (χ4v) is 7.92. The Bertz CT molecular complexity index is 2070. The number of rotatable bonds is 4. The van der Waals surface area contributed by atoms with Crippen molar-refractivity contribution in [3.05, 3.63) is 52.8 Å². The summed E-state index contributed by atoms with van der Waals surface area (Å²) < 4.78 is 23.6. The minimum Gasteiger partial charge on any atom is -0.507 e. The van der Waals surface area contributed by atoms with E-state index in [4.69, 9.17) is 18.9 Å². The van der Waals surface area contributed by atoms with Crippen LogP contribution in [-0.2, 0) is 23.8 Å². The Hall–Kier alpha value is -5.16. The van der Waals surface area contributed by atoms with Gasteiger partial charge in [0.1, 0.15) is 23.4 Å². The van der Waals surface area contributed by atoms with Gasteiger partial charge in [-0.2, -0.15) is 5.10 Å². The first kappa shape index (κ1) is 44.9. The van der Waals surface area contributed by atoms with Crippen LogP contribution < -0.4 is 10.1 Å². The third-order valence-electron chi connectivity index (χ3n) is 11.9. The number of aliphatic hydroxyl groups is 2. The number of benzene rings is 2. The molecule has 9 atom stereocenters. The van der Waals surface area contributed by atoms with E-state index in [1.54, 1.807) is 44.9 Å². The van der Waals surface area contributed by atoms with E-state index in [1.807, 2.05) is 7.05 Å². The van der Waals surface area contributed by atoms with E-state index in [0.717, 1.165) is 13.1 Å². The van der Waals surface area contributed by atoms with Crippen LogP contribution in [0, 0.1) is 30.6 Å². The molecule has 6 N–H and O–H groups in total. The minimum absolute atomic E-state index is 0.0559. The average molecular weight is 823 g/mol. The van der Waals surface area contributed by atoms with Crippen LogP contribution >= 0.6 is 0 Å². The summed E-state index contributed by atoms with van der Waals surface area (Å²) in [5.41, 5.74) is -0.350. The number of hydrogen-bond donors (Lipinski definition) is 6. The number of nitrogens with one attached hydrogen (secondary N) is 1. The van der Waals surface area contributed by atoms with Crippen molar-refractivity contribution in [2.75, 3.05) is 45.7 Å². The van der Waals surface area contributed by atoms with Gasteiger partial charge in [-0.15, -0.1) is 0 Å². The molecule has 16 heteroatoms. The predicted molar refractivity (Wildman–Crippen MR) is 220 cm³/mol. The molecule has 59 heavy (non-hydrogen) atoms. The van der Waals surface area contributed by atoms with Crippen LogP contribution in [0.3, 0.4) is 0 Å². The standard InChI is InChI=1S/C43H58N4O12/c1-21-12-11-13-22(2)42(55)45-33-28(20-44-47-17-15-46(9)16-18-47)37(52)30-31(38(33)53)36(51)26(6)40-32(30)41(54)43(8,59-40)57-19-14-29(56-10)23(3)39(58-27(7)48)25(5)35(50)24(4)34(21)49/h11-14,19-21,23-25,29,34-35,39,49-53H,15-18H2,1-10H3,(H,45,55)/b12-11+,19-14-,22-13-,44-20?/t21-,23+,24+,25-,29-,34-,35+,39+,43-/m0/s1. The molecule has 0 aliphatic carbocycles. The summed E-state index contributed by atoms with van der Waals surface area (Å²) in [7, 11) is 3.42. The second-order valence-corrected chi connectivity index (χ2v) is 16.1. The molecule has 0 spiro atoms. The molecule has 1 saturated heterocycles. The summed E-state index contributed by atoms with van der Waals surface area (Å²) >= 11 is 0. The summed E-state index contributed by atoms with van der Waals surface area (Å²) in [6, 6.07) is 0. The second-order valence-electron chi connectivity index (χ2n) is 16.1. The summed E-state index contributed by atoms with van der Waals surface area (Å²) in [5, 5.41) is 66.8. The number of Topliss-reactive ketones (excluding diaryl/α,β-unsaturated/α-hetero) is 1. The summed E-state index contributed by atoms with van der Waals surface area (Å²) in [5.74, 6) is -8.34. The predicted octanol–water partition coefficient (Wildman–Crippen LogP) is 4.34. The molecule has 4 aliphatic rings. The van der Waals surface area contributed by atoms with Crippen LogP contribution in [0.5, 0.6) is 23.0 Å². The van der Waals surface area contributed by atoms with Crippen LogP contribution in [0.2, 0.25) is 0 Å². The fraction of sp³-hybridized carbons (Fsp3) is 0.535. The number of piperazine rings is 1. The topological polar surface area (TPSA) is 220 Å². The van der Waals surface area contributed by atoms with Crippen molar-refractivity contribution < 1.29 is 58.9 Å². The van der Waals surface area contributed by atoms with Crippen molar-refractivity contribution in [1.82, 2.24) is 9.91 Å². The summed E-state index contributed by atoms with van der Waals surface area (Å²) in [4.78, 5) is 42.6. The molecule has 0 unspecified atom stereocenters. The molecule has 2 aromatic carbocycles. The van der Waals surface area contributed by atoms with Gasteiger partial charge in [0.05, 0.1) is 53.0 Å². The number of aliphatic hydroxyl groups excluding tert-OH is 2. The largest absolute Gasteiger partial charge is 0.507 e. The van der Waals surface area contributed by atoms with E-state index in [2.05, 4.69) is 15.3 Å². The molecule has 1 amide bonds. The van der Waals surface area contributed by atoms with Crippen LogP contribution in [0.25, 0.3) is 10.8 Å². The van der Waals surface area contributed by atoms with Gasteiger partial charge >= 0.3 is 11.8 Å². The van der Waals surface area contributed by atoms with E-state index in [1.165, 1.54) is 59.4 Å². The molecule has 0 saturated carbocycles. The lowest BCUT2D eigenvalue weighted by Gasteiger charge is -2.38. The number of amides is 1. The number of esters is 1. The lowest BCUT2D eigenvalue weighted by Crippen LogP contribution is -2.46. The maximum Gasteiger partial charge on any atom is 0.312 e.